The maximum absolute atomic E-state index is 12.7. The fourth-order valence-corrected chi connectivity index (χ4v) is 5.23. The van der Waals surface area contributed by atoms with Crippen LogP contribution in [0.1, 0.15) is 43.7 Å². The van der Waals surface area contributed by atoms with Crippen LogP contribution in [0.3, 0.4) is 0 Å². The molecule has 1 unspecified atom stereocenters. The Balaban J connectivity index is 1.84. The van der Waals surface area contributed by atoms with Crippen molar-refractivity contribution in [1.82, 2.24) is 10.0 Å². The van der Waals surface area contributed by atoms with Gasteiger partial charge < -0.3 is 5.32 Å². The molecule has 0 bridgehead atoms. The number of sulfonamides is 1. The maximum Gasteiger partial charge on any atom is 0.241 e. The second-order valence-corrected chi connectivity index (χ2v) is 7.96. The lowest BCUT2D eigenvalue weighted by molar-refractivity contribution is 0.423. The Morgan fingerprint density at radius 2 is 2.05 bits per heavy atom. The van der Waals surface area contributed by atoms with Crippen LogP contribution in [0.2, 0.25) is 0 Å². The SMILES string of the molecule is CC(NS(=O)(=O)c1cccc2c1CCNC2)C1CCCC1. The molecule has 5 heteroatoms. The van der Waals surface area contributed by atoms with Crippen molar-refractivity contribution in [3.63, 3.8) is 0 Å². The van der Waals surface area contributed by atoms with Crippen LogP contribution in [-0.4, -0.2) is 21.0 Å². The Labute approximate surface area is 127 Å². The molecule has 4 nitrogen and oxygen atoms in total. The predicted octanol–water partition coefficient (Wildman–Crippen LogP) is 2.19. The molecule has 3 rings (SSSR count). The fourth-order valence-electron chi connectivity index (χ4n) is 3.61. The minimum Gasteiger partial charge on any atom is -0.312 e. The Bertz CT molecular complexity index is 607. The first-order chi connectivity index (χ1) is 10.1. The van der Waals surface area contributed by atoms with E-state index in [2.05, 4.69) is 10.0 Å². The highest BCUT2D eigenvalue weighted by molar-refractivity contribution is 7.89. The van der Waals surface area contributed by atoms with Gasteiger partial charge in [-0.2, -0.15) is 0 Å². The number of rotatable bonds is 4. The van der Waals surface area contributed by atoms with Gasteiger partial charge in [0.05, 0.1) is 4.90 Å². The van der Waals surface area contributed by atoms with E-state index in [1.807, 2.05) is 19.1 Å². The zero-order chi connectivity index (χ0) is 14.9. The first-order valence-corrected chi connectivity index (χ1v) is 9.40. The molecule has 0 aromatic heterocycles. The number of fused-ring (bicyclic) bond motifs is 1. The first-order valence-electron chi connectivity index (χ1n) is 7.92. The summed E-state index contributed by atoms with van der Waals surface area (Å²) in [5.41, 5.74) is 2.10. The maximum atomic E-state index is 12.7. The van der Waals surface area contributed by atoms with Gasteiger partial charge in [-0.1, -0.05) is 25.0 Å². The second kappa shape index (κ2) is 6.07. The zero-order valence-electron chi connectivity index (χ0n) is 12.6. The molecule has 2 N–H and O–H groups in total. The van der Waals surface area contributed by atoms with Gasteiger partial charge >= 0.3 is 0 Å². The first kappa shape index (κ1) is 15.0. The van der Waals surface area contributed by atoms with Crippen LogP contribution < -0.4 is 10.0 Å². The number of hydrogen-bond acceptors (Lipinski definition) is 3. The van der Waals surface area contributed by atoms with Gasteiger partial charge in [-0.05, 0) is 55.8 Å². The smallest absolute Gasteiger partial charge is 0.241 e. The summed E-state index contributed by atoms with van der Waals surface area (Å²) in [6.07, 6.45) is 5.51. The van der Waals surface area contributed by atoms with E-state index in [0.717, 1.165) is 43.5 Å². The van der Waals surface area contributed by atoms with Crippen LogP contribution in [0.5, 0.6) is 0 Å². The lowest BCUT2D eigenvalue weighted by Crippen LogP contribution is -2.38. The molecule has 1 atom stereocenters. The van der Waals surface area contributed by atoms with E-state index in [-0.39, 0.29) is 6.04 Å². The number of nitrogens with one attached hydrogen (secondary N) is 2. The summed E-state index contributed by atoms with van der Waals surface area (Å²) in [4.78, 5) is 0.478. The van der Waals surface area contributed by atoms with Crippen LogP contribution in [0, 0.1) is 5.92 Å². The predicted molar refractivity (Wildman–Crippen MR) is 83.6 cm³/mol. The largest absolute Gasteiger partial charge is 0.312 e. The molecule has 1 aliphatic heterocycles. The highest BCUT2D eigenvalue weighted by atomic mass is 32.2. The average molecular weight is 308 g/mol. The molecule has 1 saturated carbocycles. The van der Waals surface area contributed by atoms with Crippen molar-refractivity contribution in [3.8, 4) is 0 Å². The van der Waals surface area contributed by atoms with Crippen LogP contribution >= 0.6 is 0 Å². The Hall–Kier alpha value is -0.910. The molecule has 0 radical (unpaired) electrons. The van der Waals surface area contributed by atoms with Gasteiger partial charge in [0, 0.05) is 12.6 Å². The van der Waals surface area contributed by atoms with Crippen molar-refractivity contribution >= 4 is 10.0 Å². The summed E-state index contributed by atoms with van der Waals surface area (Å²) >= 11 is 0. The molecule has 0 spiro atoms. The summed E-state index contributed by atoms with van der Waals surface area (Å²) in [6.45, 7) is 3.61. The quantitative estimate of drug-likeness (QED) is 0.896. The minimum atomic E-state index is -3.42. The summed E-state index contributed by atoms with van der Waals surface area (Å²) in [5, 5.41) is 3.29. The van der Waals surface area contributed by atoms with Gasteiger partial charge in [-0.15, -0.1) is 0 Å². The van der Waals surface area contributed by atoms with E-state index in [1.54, 1.807) is 6.07 Å². The second-order valence-electron chi connectivity index (χ2n) is 6.28. The minimum absolute atomic E-state index is 0.0232. The lowest BCUT2D eigenvalue weighted by Gasteiger charge is -2.24. The van der Waals surface area contributed by atoms with E-state index in [4.69, 9.17) is 0 Å². The zero-order valence-corrected chi connectivity index (χ0v) is 13.4. The highest BCUT2D eigenvalue weighted by Crippen LogP contribution is 2.29. The van der Waals surface area contributed by atoms with Crippen molar-refractivity contribution in [2.24, 2.45) is 5.92 Å². The highest BCUT2D eigenvalue weighted by Gasteiger charge is 2.28. The molecular formula is C16H24N2O2S. The summed E-state index contributed by atoms with van der Waals surface area (Å²) in [5.74, 6) is 0.487. The summed E-state index contributed by atoms with van der Waals surface area (Å²) in [7, 11) is -3.42. The van der Waals surface area contributed by atoms with Crippen molar-refractivity contribution in [2.75, 3.05) is 6.54 Å². The molecule has 1 aromatic rings. The molecular weight excluding hydrogens is 284 g/mol. The average Bonchev–Trinajstić information content (AvgIpc) is 3.00. The van der Waals surface area contributed by atoms with Gasteiger partial charge in [0.15, 0.2) is 0 Å². The van der Waals surface area contributed by atoms with Crippen molar-refractivity contribution in [2.45, 2.75) is 56.5 Å². The van der Waals surface area contributed by atoms with E-state index in [0.29, 0.717) is 10.8 Å². The molecule has 0 amide bonds. The molecule has 1 fully saturated rings. The van der Waals surface area contributed by atoms with Crippen molar-refractivity contribution in [3.05, 3.63) is 29.3 Å². The lowest BCUT2D eigenvalue weighted by atomic mass is 10.0. The van der Waals surface area contributed by atoms with Crippen LogP contribution in [-0.2, 0) is 23.0 Å². The fraction of sp³-hybridized carbons (Fsp3) is 0.625. The van der Waals surface area contributed by atoms with E-state index in [9.17, 15) is 8.42 Å². The van der Waals surface area contributed by atoms with E-state index in [1.165, 1.54) is 12.8 Å². The molecule has 1 heterocycles. The summed E-state index contributed by atoms with van der Waals surface area (Å²) < 4.78 is 28.4. The van der Waals surface area contributed by atoms with Crippen molar-refractivity contribution < 1.29 is 8.42 Å². The molecule has 116 valence electrons. The Morgan fingerprint density at radius 3 is 2.81 bits per heavy atom. The van der Waals surface area contributed by atoms with Crippen LogP contribution in [0.25, 0.3) is 0 Å². The topological polar surface area (TPSA) is 58.2 Å². The molecule has 2 aliphatic rings. The third-order valence-corrected chi connectivity index (χ3v) is 6.48. The Kier molecular flexibility index (Phi) is 4.33. The monoisotopic (exact) mass is 308 g/mol. The summed E-state index contributed by atoms with van der Waals surface area (Å²) in [6, 6.07) is 5.63. The number of benzene rings is 1. The van der Waals surface area contributed by atoms with E-state index < -0.39 is 10.0 Å². The third-order valence-electron chi connectivity index (χ3n) is 4.83. The van der Waals surface area contributed by atoms with Gasteiger partial charge in [-0.3, -0.25) is 0 Å². The standard InChI is InChI=1S/C16H24N2O2S/c1-12(13-5-2-3-6-13)18-21(19,20)16-8-4-7-14-11-17-10-9-15(14)16/h4,7-8,12-13,17-18H,2-3,5-6,9-11H2,1H3. The van der Waals surface area contributed by atoms with Gasteiger partial charge in [0.2, 0.25) is 10.0 Å². The van der Waals surface area contributed by atoms with Gasteiger partial charge in [0.25, 0.3) is 0 Å². The normalized spacial score (nSPS) is 21.2. The molecule has 21 heavy (non-hydrogen) atoms. The van der Waals surface area contributed by atoms with Crippen molar-refractivity contribution in [1.29, 1.82) is 0 Å². The van der Waals surface area contributed by atoms with Crippen LogP contribution in [0.15, 0.2) is 23.1 Å². The molecule has 1 aromatic carbocycles. The van der Waals surface area contributed by atoms with E-state index >= 15 is 0 Å². The van der Waals surface area contributed by atoms with Gasteiger partial charge in [-0.25, -0.2) is 13.1 Å². The number of hydrogen-bond donors (Lipinski definition) is 2. The van der Waals surface area contributed by atoms with Gasteiger partial charge in [0.1, 0.15) is 0 Å². The Morgan fingerprint density at radius 1 is 1.29 bits per heavy atom. The molecule has 0 saturated heterocycles. The molecule has 1 aliphatic carbocycles. The third kappa shape index (κ3) is 3.15. The van der Waals surface area contributed by atoms with Crippen LogP contribution in [0.4, 0.5) is 0 Å².